The topological polar surface area (TPSA) is 63.6 Å². The molecule has 120 valence electrons. The fraction of sp³-hybridized carbons (Fsp3) is 0.500. The molecule has 0 spiro atoms. The molecule has 0 saturated carbocycles. The Balaban J connectivity index is 0. The molecule has 4 nitrogen and oxygen atoms in total. The summed E-state index contributed by atoms with van der Waals surface area (Å²) in [5.74, 6) is -1.91. The lowest BCUT2D eigenvalue weighted by Gasteiger charge is -2.12. The minimum Gasteiger partial charge on any atom is -0.496 e. The van der Waals surface area contributed by atoms with Crippen molar-refractivity contribution >= 4 is 27.7 Å². The third-order valence-electron chi connectivity index (χ3n) is 2.46. The summed E-state index contributed by atoms with van der Waals surface area (Å²) in [7, 11) is 1.51. The van der Waals surface area contributed by atoms with Crippen LogP contribution in [0.5, 0.6) is 5.75 Å². The molecule has 1 N–H and O–H groups in total. The second kappa shape index (κ2) is 12.4. The number of halogens is 1. The highest BCUT2D eigenvalue weighted by Gasteiger charge is 2.24. The van der Waals surface area contributed by atoms with E-state index in [1.165, 1.54) is 14.0 Å². The Hall–Kier alpha value is -1.36. The van der Waals surface area contributed by atoms with Crippen LogP contribution in [-0.2, 0) is 16.0 Å². The van der Waals surface area contributed by atoms with Crippen LogP contribution < -0.4 is 4.74 Å². The van der Waals surface area contributed by atoms with E-state index in [2.05, 4.69) is 15.9 Å². The molecule has 0 radical (unpaired) electrons. The molecule has 0 heterocycles. The van der Waals surface area contributed by atoms with Crippen molar-refractivity contribution in [1.29, 1.82) is 0 Å². The molecule has 0 aliphatic heterocycles. The standard InChI is InChI=1S/C12H13BrO4.2C2H6/c1-7(14)10(12(15)16)5-8-3-4-9(13)6-11(8)17-2;2*1-2/h3-4,6,10H,5H2,1-2H3,(H,15,16);2*1-2H3. The predicted octanol–water partition coefficient (Wildman–Crippen LogP) is 4.34. The zero-order chi connectivity index (χ0) is 17.0. The second-order valence-electron chi connectivity index (χ2n) is 3.66. The van der Waals surface area contributed by atoms with Crippen LogP contribution in [0.15, 0.2) is 22.7 Å². The summed E-state index contributed by atoms with van der Waals surface area (Å²) < 4.78 is 5.99. The fourth-order valence-electron chi connectivity index (χ4n) is 1.51. The van der Waals surface area contributed by atoms with Crippen molar-refractivity contribution in [3.05, 3.63) is 28.2 Å². The lowest BCUT2D eigenvalue weighted by atomic mass is 9.95. The highest BCUT2D eigenvalue weighted by molar-refractivity contribution is 9.10. The Morgan fingerprint density at radius 2 is 1.76 bits per heavy atom. The van der Waals surface area contributed by atoms with Crippen LogP contribution >= 0.6 is 15.9 Å². The quantitative estimate of drug-likeness (QED) is 0.793. The molecule has 1 rings (SSSR count). The summed E-state index contributed by atoms with van der Waals surface area (Å²) >= 11 is 3.30. The SMILES string of the molecule is CC.CC.COc1cc(Br)ccc1CC(C(C)=O)C(=O)O. The molecule has 5 heteroatoms. The Morgan fingerprint density at radius 3 is 2.14 bits per heavy atom. The third-order valence-corrected chi connectivity index (χ3v) is 2.96. The smallest absolute Gasteiger partial charge is 0.314 e. The van der Waals surface area contributed by atoms with E-state index in [0.717, 1.165) is 4.47 Å². The number of methoxy groups -OCH3 is 1. The molecule has 1 atom stereocenters. The van der Waals surface area contributed by atoms with Crippen LogP contribution in [0.3, 0.4) is 0 Å². The molecule has 0 saturated heterocycles. The van der Waals surface area contributed by atoms with Gasteiger partial charge < -0.3 is 9.84 Å². The second-order valence-corrected chi connectivity index (χ2v) is 4.58. The normalized spacial score (nSPS) is 10.2. The minimum absolute atomic E-state index is 0.140. The molecule has 0 bridgehead atoms. The van der Waals surface area contributed by atoms with Crippen LogP contribution in [0.4, 0.5) is 0 Å². The number of hydrogen-bond donors (Lipinski definition) is 1. The Kier molecular flexibility index (Phi) is 12.9. The van der Waals surface area contributed by atoms with E-state index in [0.29, 0.717) is 11.3 Å². The number of hydrogen-bond acceptors (Lipinski definition) is 3. The summed E-state index contributed by atoms with van der Waals surface area (Å²) in [6.07, 6.45) is 0.140. The van der Waals surface area contributed by atoms with Gasteiger partial charge in [-0.1, -0.05) is 49.7 Å². The van der Waals surface area contributed by atoms with Crippen molar-refractivity contribution < 1.29 is 19.4 Å². The number of benzene rings is 1. The largest absolute Gasteiger partial charge is 0.496 e. The van der Waals surface area contributed by atoms with Gasteiger partial charge in [-0.2, -0.15) is 0 Å². The minimum atomic E-state index is -1.11. The van der Waals surface area contributed by atoms with Crippen LogP contribution in [0.1, 0.15) is 40.2 Å². The van der Waals surface area contributed by atoms with Crippen LogP contribution in [0.25, 0.3) is 0 Å². The lowest BCUT2D eigenvalue weighted by Crippen LogP contribution is -2.23. The van der Waals surface area contributed by atoms with Gasteiger partial charge in [0.25, 0.3) is 0 Å². The number of carbonyl (C=O) groups is 2. The maximum atomic E-state index is 11.2. The summed E-state index contributed by atoms with van der Waals surface area (Å²) in [5.41, 5.74) is 0.707. The molecular formula is C16H25BrO4. The summed E-state index contributed by atoms with van der Waals surface area (Å²) in [4.78, 5) is 22.2. The fourth-order valence-corrected chi connectivity index (χ4v) is 1.85. The van der Waals surface area contributed by atoms with Crippen LogP contribution in [0, 0.1) is 5.92 Å². The van der Waals surface area contributed by atoms with E-state index in [9.17, 15) is 9.59 Å². The van der Waals surface area contributed by atoms with Gasteiger partial charge in [-0.25, -0.2) is 0 Å². The van der Waals surface area contributed by atoms with Gasteiger partial charge in [0.1, 0.15) is 17.5 Å². The van der Waals surface area contributed by atoms with Crippen molar-refractivity contribution in [3.63, 3.8) is 0 Å². The molecule has 0 amide bonds. The molecule has 0 aliphatic rings. The number of aliphatic carboxylic acids is 1. The number of rotatable bonds is 5. The van der Waals surface area contributed by atoms with Gasteiger partial charge in [0.2, 0.25) is 0 Å². The number of ether oxygens (including phenoxy) is 1. The first kappa shape index (κ1) is 21.9. The Bertz CT molecular complexity index is 430. The summed E-state index contributed by atoms with van der Waals surface area (Å²) in [5, 5.41) is 8.95. The van der Waals surface area contributed by atoms with Gasteiger partial charge in [-0.3, -0.25) is 9.59 Å². The Labute approximate surface area is 135 Å². The summed E-state index contributed by atoms with van der Waals surface area (Å²) in [6.45, 7) is 9.28. The Morgan fingerprint density at radius 1 is 1.24 bits per heavy atom. The van der Waals surface area contributed by atoms with Crippen molar-refractivity contribution in [3.8, 4) is 5.75 Å². The number of carbonyl (C=O) groups excluding carboxylic acids is 1. The van der Waals surface area contributed by atoms with E-state index < -0.39 is 11.9 Å². The van der Waals surface area contributed by atoms with E-state index in [1.807, 2.05) is 27.7 Å². The van der Waals surface area contributed by atoms with Gasteiger partial charge in [0.15, 0.2) is 0 Å². The molecular weight excluding hydrogens is 336 g/mol. The van der Waals surface area contributed by atoms with Crippen LogP contribution in [0.2, 0.25) is 0 Å². The summed E-state index contributed by atoms with van der Waals surface area (Å²) in [6, 6.07) is 5.28. The zero-order valence-electron chi connectivity index (χ0n) is 13.6. The van der Waals surface area contributed by atoms with Gasteiger partial charge in [0.05, 0.1) is 7.11 Å². The van der Waals surface area contributed by atoms with E-state index in [1.54, 1.807) is 18.2 Å². The lowest BCUT2D eigenvalue weighted by molar-refractivity contribution is -0.145. The van der Waals surface area contributed by atoms with Gasteiger partial charge in [-0.05, 0) is 31.0 Å². The maximum Gasteiger partial charge on any atom is 0.314 e. The van der Waals surface area contributed by atoms with Crippen molar-refractivity contribution in [2.24, 2.45) is 5.92 Å². The molecule has 0 fully saturated rings. The average molecular weight is 361 g/mol. The van der Waals surface area contributed by atoms with Crippen molar-refractivity contribution in [2.45, 2.75) is 41.0 Å². The highest BCUT2D eigenvalue weighted by atomic mass is 79.9. The average Bonchev–Trinajstić information content (AvgIpc) is 2.49. The number of ketones is 1. The number of carboxylic acids is 1. The monoisotopic (exact) mass is 360 g/mol. The zero-order valence-corrected chi connectivity index (χ0v) is 15.2. The highest BCUT2D eigenvalue weighted by Crippen LogP contribution is 2.26. The number of carboxylic acid groups (broad SMARTS) is 1. The van der Waals surface area contributed by atoms with E-state index in [4.69, 9.17) is 9.84 Å². The number of Topliss-reactive ketones (excluding diaryl/α,β-unsaturated/α-hetero) is 1. The first-order valence-electron chi connectivity index (χ1n) is 7.01. The van der Waals surface area contributed by atoms with Crippen LogP contribution in [-0.4, -0.2) is 24.0 Å². The molecule has 1 aromatic rings. The first-order valence-corrected chi connectivity index (χ1v) is 7.80. The van der Waals surface area contributed by atoms with Gasteiger partial charge >= 0.3 is 5.97 Å². The molecule has 1 aromatic carbocycles. The molecule has 1 unspecified atom stereocenters. The third kappa shape index (κ3) is 7.85. The molecule has 0 aliphatic carbocycles. The van der Waals surface area contributed by atoms with Gasteiger partial charge in [0, 0.05) is 4.47 Å². The molecule has 21 heavy (non-hydrogen) atoms. The van der Waals surface area contributed by atoms with Crippen molar-refractivity contribution in [2.75, 3.05) is 7.11 Å². The predicted molar refractivity (Wildman–Crippen MR) is 88.9 cm³/mol. The van der Waals surface area contributed by atoms with Gasteiger partial charge in [-0.15, -0.1) is 0 Å². The van der Waals surface area contributed by atoms with E-state index >= 15 is 0 Å². The van der Waals surface area contributed by atoms with Crippen molar-refractivity contribution in [1.82, 2.24) is 0 Å². The first-order chi connectivity index (χ1) is 9.95. The maximum absolute atomic E-state index is 11.2. The molecule has 0 aromatic heterocycles. The van der Waals surface area contributed by atoms with E-state index in [-0.39, 0.29) is 12.2 Å².